The number of likely N-dealkylation sites (N-methyl/N-ethyl adjacent to an activating group) is 1. The van der Waals surface area contributed by atoms with Crippen molar-refractivity contribution in [3.63, 3.8) is 0 Å². The number of rotatable bonds is 2. The average molecular weight is 241 g/mol. The fourth-order valence-electron chi connectivity index (χ4n) is 3.05. The molecule has 0 amide bonds. The number of hydrogen-bond acceptors (Lipinski definition) is 5. The first kappa shape index (κ1) is 12.4. The van der Waals surface area contributed by atoms with Crippen LogP contribution in [0.25, 0.3) is 0 Å². The molecule has 0 aliphatic carbocycles. The molecule has 0 aromatic rings. The summed E-state index contributed by atoms with van der Waals surface area (Å²) in [5.74, 6) is -0.623. The van der Waals surface area contributed by atoms with Crippen LogP contribution >= 0.6 is 0 Å². The molecule has 2 rings (SSSR count). The van der Waals surface area contributed by atoms with Gasteiger partial charge in [0.2, 0.25) is 0 Å². The van der Waals surface area contributed by atoms with Crippen LogP contribution < -0.4 is 0 Å². The standard InChI is InChI=1S/C12H19NO4/c1-7(14)16-11-6-9-4-5-10(13(9)3)12(11)17-8(2)15/h9-12H,4-6H2,1-3H3/t9-,10+,11+,12+/m1/s1. The third kappa shape index (κ3) is 2.44. The van der Waals surface area contributed by atoms with Gasteiger partial charge in [0.05, 0.1) is 6.04 Å². The van der Waals surface area contributed by atoms with Crippen molar-refractivity contribution < 1.29 is 19.1 Å². The van der Waals surface area contributed by atoms with Crippen molar-refractivity contribution in [2.24, 2.45) is 0 Å². The highest BCUT2D eigenvalue weighted by molar-refractivity contribution is 5.67. The van der Waals surface area contributed by atoms with Gasteiger partial charge in [0, 0.05) is 26.3 Å². The molecule has 0 N–H and O–H groups in total. The van der Waals surface area contributed by atoms with Crippen LogP contribution in [0.1, 0.15) is 33.1 Å². The number of carbonyl (C=O) groups is 2. The molecule has 4 atom stereocenters. The first-order valence-electron chi connectivity index (χ1n) is 6.05. The van der Waals surface area contributed by atoms with E-state index in [9.17, 15) is 9.59 Å². The Labute approximate surface area is 101 Å². The number of esters is 2. The summed E-state index contributed by atoms with van der Waals surface area (Å²) in [6.07, 6.45) is 2.23. The summed E-state index contributed by atoms with van der Waals surface area (Å²) in [5, 5.41) is 0. The molecular formula is C12H19NO4. The largest absolute Gasteiger partial charge is 0.458 e. The lowest BCUT2D eigenvalue weighted by atomic mass is 9.97. The molecule has 5 heteroatoms. The Hall–Kier alpha value is -1.10. The SMILES string of the molecule is CC(=O)O[C@@H]1[C@@H](OC(C)=O)C[C@H]2CC[C@@H]1N2C. The second-order valence-corrected chi connectivity index (χ2v) is 4.92. The van der Waals surface area contributed by atoms with Crippen molar-refractivity contribution in [1.29, 1.82) is 0 Å². The number of hydrogen-bond donors (Lipinski definition) is 0. The summed E-state index contributed by atoms with van der Waals surface area (Å²) in [7, 11) is 2.04. The van der Waals surface area contributed by atoms with Crippen LogP contribution in [0.5, 0.6) is 0 Å². The van der Waals surface area contributed by atoms with E-state index in [0.29, 0.717) is 6.04 Å². The molecule has 2 fully saturated rings. The quantitative estimate of drug-likeness (QED) is 0.667. The van der Waals surface area contributed by atoms with Crippen molar-refractivity contribution in [3.8, 4) is 0 Å². The van der Waals surface area contributed by atoms with E-state index in [1.807, 2.05) is 7.05 Å². The fraction of sp³-hybridized carbons (Fsp3) is 0.833. The average Bonchev–Trinajstić information content (AvgIpc) is 2.44. The van der Waals surface area contributed by atoms with E-state index in [1.165, 1.54) is 13.8 Å². The van der Waals surface area contributed by atoms with Gasteiger partial charge in [-0.1, -0.05) is 0 Å². The lowest BCUT2D eigenvalue weighted by Gasteiger charge is -2.41. The Balaban J connectivity index is 2.13. The second kappa shape index (κ2) is 4.64. The van der Waals surface area contributed by atoms with E-state index in [2.05, 4.69) is 4.90 Å². The first-order valence-corrected chi connectivity index (χ1v) is 6.05. The second-order valence-electron chi connectivity index (χ2n) is 4.92. The van der Waals surface area contributed by atoms with E-state index in [-0.39, 0.29) is 30.2 Å². The van der Waals surface area contributed by atoms with Gasteiger partial charge in [0.1, 0.15) is 6.10 Å². The summed E-state index contributed by atoms with van der Waals surface area (Å²) in [6.45, 7) is 2.79. The number of fused-ring (bicyclic) bond motifs is 2. The molecule has 0 aromatic heterocycles. The van der Waals surface area contributed by atoms with Gasteiger partial charge in [-0.15, -0.1) is 0 Å². The molecule has 96 valence electrons. The Morgan fingerprint density at radius 1 is 1.12 bits per heavy atom. The molecule has 0 aromatic carbocycles. The van der Waals surface area contributed by atoms with Crippen LogP contribution in [0.15, 0.2) is 0 Å². The summed E-state index contributed by atoms with van der Waals surface area (Å²) in [4.78, 5) is 24.5. The Morgan fingerprint density at radius 3 is 2.35 bits per heavy atom. The topological polar surface area (TPSA) is 55.8 Å². The van der Waals surface area contributed by atoms with Crippen LogP contribution in [0.3, 0.4) is 0 Å². The van der Waals surface area contributed by atoms with Crippen LogP contribution in [-0.2, 0) is 19.1 Å². The third-order valence-corrected chi connectivity index (χ3v) is 3.76. The lowest BCUT2D eigenvalue weighted by molar-refractivity contribution is -0.176. The molecule has 17 heavy (non-hydrogen) atoms. The van der Waals surface area contributed by atoms with Gasteiger partial charge in [0.15, 0.2) is 6.10 Å². The van der Waals surface area contributed by atoms with E-state index >= 15 is 0 Å². The maximum Gasteiger partial charge on any atom is 0.303 e. The molecule has 0 saturated carbocycles. The van der Waals surface area contributed by atoms with Gasteiger partial charge in [0.25, 0.3) is 0 Å². The highest BCUT2D eigenvalue weighted by atomic mass is 16.6. The van der Waals surface area contributed by atoms with E-state index < -0.39 is 0 Å². The van der Waals surface area contributed by atoms with Crippen molar-refractivity contribution in [2.45, 2.75) is 57.4 Å². The molecule has 2 aliphatic rings. The first-order chi connectivity index (χ1) is 7.99. The predicted molar refractivity (Wildman–Crippen MR) is 60.3 cm³/mol. The van der Waals surface area contributed by atoms with Gasteiger partial charge in [-0.3, -0.25) is 14.5 Å². The zero-order valence-electron chi connectivity index (χ0n) is 10.5. The van der Waals surface area contributed by atoms with Crippen molar-refractivity contribution in [2.75, 3.05) is 7.05 Å². The Morgan fingerprint density at radius 2 is 1.76 bits per heavy atom. The van der Waals surface area contributed by atoms with E-state index in [0.717, 1.165) is 19.3 Å². The molecule has 2 aliphatic heterocycles. The highest BCUT2D eigenvalue weighted by Gasteiger charge is 2.48. The van der Waals surface area contributed by atoms with Gasteiger partial charge < -0.3 is 9.47 Å². The minimum absolute atomic E-state index is 0.182. The summed E-state index contributed by atoms with van der Waals surface area (Å²) < 4.78 is 10.6. The number of piperidine rings is 1. The molecule has 0 spiro atoms. The van der Waals surface area contributed by atoms with Crippen LogP contribution in [0.4, 0.5) is 0 Å². The molecule has 2 bridgehead atoms. The maximum atomic E-state index is 11.1. The van der Waals surface area contributed by atoms with Crippen LogP contribution in [-0.4, -0.2) is 48.2 Å². The molecule has 5 nitrogen and oxygen atoms in total. The molecule has 0 radical (unpaired) electrons. The van der Waals surface area contributed by atoms with E-state index in [4.69, 9.17) is 9.47 Å². The van der Waals surface area contributed by atoms with Crippen molar-refractivity contribution >= 4 is 11.9 Å². The van der Waals surface area contributed by atoms with Gasteiger partial charge in [-0.05, 0) is 19.9 Å². The Kier molecular flexibility index (Phi) is 3.38. The number of ether oxygens (including phenoxy) is 2. The third-order valence-electron chi connectivity index (χ3n) is 3.76. The number of carbonyl (C=O) groups excluding carboxylic acids is 2. The van der Waals surface area contributed by atoms with Gasteiger partial charge >= 0.3 is 11.9 Å². The zero-order chi connectivity index (χ0) is 12.6. The van der Waals surface area contributed by atoms with Crippen molar-refractivity contribution in [1.82, 2.24) is 4.90 Å². The monoisotopic (exact) mass is 241 g/mol. The summed E-state index contributed by atoms with van der Waals surface area (Å²) in [5.41, 5.74) is 0. The zero-order valence-corrected chi connectivity index (χ0v) is 10.5. The lowest BCUT2D eigenvalue weighted by Crippen LogP contribution is -2.55. The molecular weight excluding hydrogens is 222 g/mol. The minimum atomic E-state index is -0.319. The van der Waals surface area contributed by atoms with E-state index in [1.54, 1.807) is 0 Å². The van der Waals surface area contributed by atoms with Gasteiger partial charge in [-0.2, -0.15) is 0 Å². The fourth-order valence-corrected chi connectivity index (χ4v) is 3.05. The highest BCUT2D eigenvalue weighted by Crippen LogP contribution is 2.37. The molecule has 2 saturated heterocycles. The van der Waals surface area contributed by atoms with Crippen LogP contribution in [0, 0.1) is 0 Å². The summed E-state index contributed by atoms with van der Waals surface area (Å²) >= 11 is 0. The summed E-state index contributed by atoms with van der Waals surface area (Å²) in [6, 6.07) is 0.623. The van der Waals surface area contributed by atoms with Gasteiger partial charge in [-0.25, -0.2) is 0 Å². The molecule has 2 heterocycles. The molecule has 0 unspecified atom stereocenters. The Bertz CT molecular complexity index is 330. The van der Waals surface area contributed by atoms with Crippen LogP contribution in [0.2, 0.25) is 0 Å². The van der Waals surface area contributed by atoms with Crippen molar-refractivity contribution in [3.05, 3.63) is 0 Å². The minimum Gasteiger partial charge on any atom is -0.458 e. The smallest absolute Gasteiger partial charge is 0.303 e. The maximum absolute atomic E-state index is 11.1. The number of nitrogens with zero attached hydrogens (tertiary/aromatic N) is 1. The normalized spacial score (nSPS) is 36.6. The predicted octanol–water partition coefficient (Wildman–Crippen LogP) is 0.716.